The topological polar surface area (TPSA) is 64.4 Å². The molecule has 2 bridgehead atoms. The van der Waals surface area contributed by atoms with E-state index >= 15 is 0 Å². The number of aliphatic carboxylic acids is 1. The second-order valence-electron chi connectivity index (χ2n) is 5.15. The third-order valence-electron chi connectivity index (χ3n) is 4.01. The highest BCUT2D eigenvalue weighted by atomic mass is 16.5. The van der Waals surface area contributed by atoms with Crippen LogP contribution in [-0.2, 0) is 23.0 Å². The van der Waals surface area contributed by atoms with Gasteiger partial charge in [0.25, 0.3) is 0 Å². The van der Waals surface area contributed by atoms with Crippen LogP contribution in [0.25, 0.3) is 0 Å². The summed E-state index contributed by atoms with van der Waals surface area (Å²) in [6.07, 6.45) is 4.82. The summed E-state index contributed by atoms with van der Waals surface area (Å²) in [6.45, 7) is 0. The van der Waals surface area contributed by atoms with Crippen molar-refractivity contribution in [3.8, 4) is 0 Å². The van der Waals surface area contributed by atoms with E-state index in [1.807, 2.05) is 19.3 Å². The summed E-state index contributed by atoms with van der Waals surface area (Å²) in [5.41, 5.74) is 0.0862. The molecule has 3 atom stereocenters. The van der Waals surface area contributed by atoms with E-state index in [0.717, 1.165) is 18.5 Å². The Morgan fingerprint density at radius 1 is 1.71 bits per heavy atom. The molecule has 92 valence electrons. The van der Waals surface area contributed by atoms with Crippen molar-refractivity contribution in [3.05, 3.63) is 18.0 Å². The maximum Gasteiger partial charge on any atom is 0.312 e. The Labute approximate surface area is 99.4 Å². The third-order valence-corrected chi connectivity index (χ3v) is 4.01. The first-order valence-corrected chi connectivity index (χ1v) is 5.97. The lowest BCUT2D eigenvalue weighted by Crippen LogP contribution is -2.42. The summed E-state index contributed by atoms with van der Waals surface area (Å²) in [7, 11) is 1.84. The first-order valence-electron chi connectivity index (χ1n) is 5.97. The van der Waals surface area contributed by atoms with Crippen LogP contribution in [0.1, 0.15) is 25.0 Å². The van der Waals surface area contributed by atoms with Gasteiger partial charge < -0.3 is 9.84 Å². The van der Waals surface area contributed by atoms with Crippen LogP contribution >= 0.6 is 0 Å². The van der Waals surface area contributed by atoms with Gasteiger partial charge in [0, 0.05) is 19.7 Å². The Morgan fingerprint density at radius 3 is 3.00 bits per heavy atom. The Hall–Kier alpha value is -1.36. The number of ether oxygens (including phenoxy) is 1. The average molecular weight is 236 g/mol. The molecule has 0 spiro atoms. The van der Waals surface area contributed by atoms with Crippen molar-refractivity contribution in [2.24, 2.45) is 12.5 Å². The molecule has 1 N–H and O–H groups in total. The first kappa shape index (κ1) is 10.8. The van der Waals surface area contributed by atoms with Gasteiger partial charge in [-0.1, -0.05) is 0 Å². The molecule has 1 aromatic heterocycles. The molecule has 3 unspecified atom stereocenters. The molecule has 5 heteroatoms. The van der Waals surface area contributed by atoms with Gasteiger partial charge in [-0.25, -0.2) is 0 Å². The van der Waals surface area contributed by atoms with Gasteiger partial charge in [-0.3, -0.25) is 9.48 Å². The predicted molar refractivity (Wildman–Crippen MR) is 59.5 cm³/mol. The fourth-order valence-corrected chi connectivity index (χ4v) is 3.17. The molecule has 3 heterocycles. The van der Waals surface area contributed by atoms with Crippen molar-refractivity contribution >= 4 is 5.97 Å². The first-order chi connectivity index (χ1) is 8.10. The van der Waals surface area contributed by atoms with Gasteiger partial charge in [0.05, 0.1) is 17.9 Å². The zero-order valence-electron chi connectivity index (χ0n) is 9.80. The summed E-state index contributed by atoms with van der Waals surface area (Å²) in [5.74, 6) is -0.740. The molecule has 0 radical (unpaired) electrons. The lowest BCUT2D eigenvalue weighted by Gasteiger charge is -2.30. The predicted octanol–water partition coefficient (Wildman–Crippen LogP) is 0.985. The van der Waals surface area contributed by atoms with Crippen molar-refractivity contribution in [2.45, 2.75) is 37.9 Å². The summed E-state index contributed by atoms with van der Waals surface area (Å²) in [4.78, 5) is 11.6. The standard InChI is InChI=1S/C12H16N2O3/c1-14-5-4-8(13-14)6-12(11(15)16)7-9-2-3-10(12)17-9/h4-5,9-10H,2-3,6-7H2,1H3,(H,15,16). The van der Waals surface area contributed by atoms with E-state index < -0.39 is 11.4 Å². The average Bonchev–Trinajstić information content (AvgIpc) is 2.94. The fraction of sp³-hybridized carbons (Fsp3) is 0.667. The smallest absolute Gasteiger partial charge is 0.312 e. The summed E-state index contributed by atoms with van der Waals surface area (Å²) < 4.78 is 7.42. The van der Waals surface area contributed by atoms with Crippen LogP contribution in [0, 0.1) is 5.41 Å². The molecule has 2 saturated heterocycles. The van der Waals surface area contributed by atoms with Crippen LogP contribution < -0.4 is 0 Å². The molecule has 2 fully saturated rings. The highest BCUT2D eigenvalue weighted by Gasteiger charge is 2.57. The molecule has 0 saturated carbocycles. The number of rotatable bonds is 3. The van der Waals surface area contributed by atoms with Gasteiger partial charge in [-0.15, -0.1) is 0 Å². The molecular formula is C12H16N2O3. The Morgan fingerprint density at radius 2 is 2.53 bits per heavy atom. The molecule has 0 aliphatic carbocycles. The molecule has 5 nitrogen and oxygen atoms in total. The zero-order valence-corrected chi connectivity index (χ0v) is 9.80. The van der Waals surface area contributed by atoms with Gasteiger partial charge in [-0.05, 0) is 25.3 Å². The normalized spacial score (nSPS) is 35.4. The summed E-state index contributed by atoms with van der Waals surface area (Å²) >= 11 is 0. The largest absolute Gasteiger partial charge is 0.481 e. The van der Waals surface area contributed by atoms with Gasteiger partial charge in [0.15, 0.2) is 0 Å². The SMILES string of the molecule is Cn1ccc(CC2(C(=O)O)CC3CCC2O3)n1. The molecule has 3 rings (SSSR count). The quantitative estimate of drug-likeness (QED) is 0.849. The Kier molecular flexibility index (Phi) is 2.26. The Balaban J connectivity index is 1.89. The maximum absolute atomic E-state index is 11.6. The number of carboxylic acid groups (broad SMARTS) is 1. The number of carboxylic acids is 1. The van der Waals surface area contributed by atoms with E-state index in [-0.39, 0.29) is 12.2 Å². The highest BCUT2D eigenvalue weighted by molar-refractivity contribution is 5.76. The number of hydrogen-bond acceptors (Lipinski definition) is 3. The molecule has 0 amide bonds. The number of fused-ring (bicyclic) bond motifs is 2. The third kappa shape index (κ3) is 1.57. The van der Waals surface area contributed by atoms with Gasteiger partial charge >= 0.3 is 5.97 Å². The van der Waals surface area contributed by atoms with Crippen molar-refractivity contribution < 1.29 is 14.6 Å². The van der Waals surface area contributed by atoms with Crippen LogP contribution in [-0.4, -0.2) is 33.1 Å². The van der Waals surface area contributed by atoms with E-state index in [1.165, 1.54) is 0 Å². The molecule has 0 aromatic carbocycles. The van der Waals surface area contributed by atoms with E-state index in [1.54, 1.807) is 4.68 Å². The van der Waals surface area contributed by atoms with Crippen molar-refractivity contribution in [3.63, 3.8) is 0 Å². The minimum atomic E-state index is -0.753. The summed E-state index contributed by atoms with van der Waals surface area (Å²) in [6, 6.07) is 1.89. The van der Waals surface area contributed by atoms with E-state index in [4.69, 9.17) is 4.74 Å². The molecular weight excluding hydrogens is 220 g/mol. The van der Waals surface area contributed by atoms with E-state index in [2.05, 4.69) is 5.10 Å². The maximum atomic E-state index is 11.6. The second-order valence-corrected chi connectivity index (χ2v) is 5.15. The number of carbonyl (C=O) groups is 1. The Bertz CT molecular complexity index is 456. The molecule has 1 aromatic rings. The number of aryl methyl sites for hydroxylation is 1. The number of aromatic nitrogens is 2. The van der Waals surface area contributed by atoms with Crippen LogP contribution in [0.15, 0.2) is 12.3 Å². The second kappa shape index (κ2) is 3.57. The van der Waals surface area contributed by atoms with Crippen LogP contribution in [0.4, 0.5) is 0 Å². The number of hydrogen-bond donors (Lipinski definition) is 1. The molecule has 2 aliphatic heterocycles. The van der Waals surface area contributed by atoms with Gasteiger partial charge in [-0.2, -0.15) is 5.10 Å². The monoisotopic (exact) mass is 236 g/mol. The number of nitrogens with zero attached hydrogens (tertiary/aromatic N) is 2. The van der Waals surface area contributed by atoms with E-state index in [0.29, 0.717) is 12.8 Å². The fourth-order valence-electron chi connectivity index (χ4n) is 3.17. The minimum Gasteiger partial charge on any atom is -0.481 e. The lowest BCUT2D eigenvalue weighted by molar-refractivity contribution is -0.152. The van der Waals surface area contributed by atoms with Crippen LogP contribution in [0.2, 0.25) is 0 Å². The highest BCUT2D eigenvalue weighted by Crippen LogP contribution is 2.49. The molecule has 2 aliphatic rings. The van der Waals surface area contributed by atoms with Crippen molar-refractivity contribution in [1.82, 2.24) is 9.78 Å². The van der Waals surface area contributed by atoms with Crippen molar-refractivity contribution in [1.29, 1.82) is 0 Å². The zero-order chi connectivity index (χ0) is 12.0. The van der Waals surface area contributed by atoms with Gasteiger partial charge in [0.2, 0.25) is 0 Å². The van der Waals surface area contributed by atoms with E-state index in [9.17, 15) is 9.90 Å². The van der Waals surface area contributed by atoms with Gasteiger partial charge in [0.1, 0.15) is 5.41 Å². The summed E-state index contributed by atoms with van der Waals surface area (Å²) in [5, 5.41) is 13.8. The lowest BCUT2D eigenvalue weighted by atomic mass is 9.71. The van der Waals surface area contributed by atoms with Crippen LogP contribution in [0.3, 0.4) is 0 Å². The van der Waals surface area contributed by atoms with Crippen LogP contribution in [0.5, 0.6) is 0 Å². The minimum absolute atomic E-state index is 0.132. The van der Waals surface area contributed by atoms with Crippen molar-refractivity contribution in [2.75, 3.05) is 0 Å². The molecule has 17 heavy (non-hydrogen) atoms.